The van der Waals surface area contributed by atoms with Crippen LogP contribution in [0.2, 0.25) is 0 Å². The van der Waals surface area contributed by atoms with Gasteiger partial charge in [-0.05, 0) is 38.8 Å². The number of hydrogen-bond acceptors (Lipinski definition) is 0. The molecule has 0 bridgehead atoms. The Balaban J connectivity index is 2.38. The molecule has 3 rings (SSSR count). The van der Waals surface area contributed by atoms with Gasteiger partial charge in [-0.1, -0.05) is 125 Å². The van der Waals surface area contributed by atoms with Crippen molar-refractivity contribution in [2.24, 2.45) is 0 Å². The van der Waals surface area contributed by atoms with Crippen LogP contribution in [0, 0.1) is 27.7 Å². The average molecular weight is 484 g/mol. The van der Waals surface area contributed by atoms with Crippen molar-refractivity contribution in [1.29, 1.82) is 0 Å². The molecule has 0 heterocycles. The number of halogens is 2. The largest absolute Gasteiger partial charge is 0.242 e. The summed E-state index contributed by atoms with van der Waals surface area (Å²) in [5.74, 6) is 0. The van der Waals surface area contributed by atoms with E-state index in [-0.39, 0.29) is 6.71 Å². The molecule has 3 aromatic rings. The van der Waals surface area contributed by atoms with Gasteiger partial charge in [0, 0.05) is 10.7 Å². The standard InChI is InChI=1S/C24H25BBr2/c1-16-10-18(3)23(20(12-16)14-26)25(22-8-6-5-7-9-22)24-19(4)11-17(2)13-21(24)15-27/h5-13H,14-15H2,1-4H3. The van der Waals surface area contributed by atoms with Gasteiger partial charge in [0.15, 0.2) is 0 Å². The van der Waals surface area contributed by atoms with Crippen molar-refractivity contribution in [3.8, 4) is 0 Å². The molecule has 0 saturated heterocycles. The van der Waals surface area contributed by atoms with Crippen LogP contribution < -0.4 is 16.4 Å². The molecule has 27 heavy (non-hydrogen) atoms. The number of benzene rings is 3. The highest BCUT2D eigenvalue weighted by Crippen LogP contribution is 2.16. The van der Waals surface area contributed by atoms with Crippen molar-refractivity contribution in [2.75, 3.05) is 0 Å². The minimum atomic E-state index is 0.229. The molecule has 0 radical (unpaired) electrons. The van der Waals surface area contributed by atoms with E-state index in [0.29, 0.717) is 0 Å². The Kier molecular flexibility index (Phi) is 6.65. The van der Waals surface area contributed by atoms with Gasteiger partial charge >= 0.3 is 0 Å². The first-order chi connectivity index (χ1) is 13.0. The number of alkyl halides is 2. The summed E-state index contributed by atoms with van der Waals surface area (Å²) < 4.78 is 0. The van der Waals surface area contributed by atoms with E-state index in [1.807, 2.05) is 0 Å². The summed E-state index contributed by atoms with van der Waals surface area (Å²) >= 11 is 7.49. The summed E-state index contributed by atoms with van der Waals surface area (Å²) in [7, 11) is 0. The number of aryl methyl sites for hydroxylation is 4. The maximum atomic E-state index is 3.75. The summed E-state index contributed by atoms with van der Waals surface area (Å²) in [6.45, 7) is 9.10. The lowest BCUT2D eigenvalue weighted by atomic mass is 9.34. The average Bonchev–Trinajstić information content (AvgIpc) is 2.64. The molecule has 0 N–H and O–H groups in total. The number of rotatable bonds is 5. The third-order valence-electron chi connectivity index (χ3n) is 5.23. The Morgan fingerprint density at radius 1 is 0.667 bits per heavy atom. The quantitative estimate of drug-likeness (QED) is 0.344. The summed E-state index contributed by atoms with van der Waals surface area (Å²) in [6.07, 6.45) is 0. The lowest BCUT2D eigenvalue weighted by Crippen LogP contribution is -2.56. The second-order valence-electron chi connectivity index (χ2n) is 7.42. The van der Waals surface area contributed by atoms with Crippen LogP contribution in [0.1, 0.15) is 33.4 Å². The molecule has 0 aromatic heterocycles. The first-order valence-electron chi connectivity index (χ1n) is 9.33. The van der Waals surface area contributed by atoms with Gasteiger partial charge in [0.1, 0.15) is 0 Å². The van der Waals surface area contributed by atoms with E-state index in [4.69, 9.17) is 0 Å². The Morgan fingerprint density at radius 3 is 1.52 bits per heavy atom. The van der Waals surface area contributed by atoms with Crippen LogP contribution in [0.3, 0.4) is 0 Å². The fourth-order valence-electron chi connectivity index (χ4n) is 4.30. The van der Waals surface area contributed by atoms with Crippen molar-refractivity contribution in [3.63, 3.8) is 0 Å². The van der Waals surface area contributed by atoms with Crippen LogP contribution in [0.15, 0.2) is 54.6 Å². The third kappa shape index (κ3) is 4.25. The highest BCUT2D eigenvalue weighted by atomic mass is 79.9. The molecule has 0 aliphatic rings. The van der Waals surface area contributed by atoms with Crippen LogP contribution in [-0.4, -0.2) is 6.71 Å². The Hall–Kier alpha value is -1.32. The van der Waals surface area contributed by atoms with Gasteiger partial charge in [-0.3, -0.25) is 0 Å². The molecule has 0 unspecified atom stereocenters. The van der Waals surface area contributed by atoms with E-state index in [9.17, 15) is 0 Å². The van der Waals surface area contributed by atoms with Gasteiger partial charge in [-0.25, -0.2) is 0 Å². The van der Waals surface area contributed by atoms with Crippen molar-refractivity contribution in [3.05, 3.63) is 88.0 Å². The molecule has 3 aromatic carbocycles. The lowest BCUT2D eigenvalue weighted by molar-refractivity contribution is 1.32. The van der Waals surface area contributed by atoms with Crippen LogP contribution in [0.4, 0.5) is 0 Å². The Labute approximate surface area is 180 Å². The molecule has 0 atom stereocenters. The Bertz CT molecular complexity index is 889. The van der Waals surface area contributed by atoms with Crippen molar-refractivity contribution < 1.29 is 0 Å². The van der Waals surface area contributed by atoms with Crippen molar-refractivity contribution >= 4 is 55.0 Å². The fraction of sp³-hybridized carbons (Fsp3) is 0.250. The Morgan fingerprint density at radius 2 is 1.11 bits per heavy atom. The molecule has 0 nitrogen and oxygen atoms in total. The molecule has 0 saturated carbocycles. The summed E-state index contributed by atoms with van der Waals surface area (Å²) in [4.78, 5) is 0. The highest BCUT2D eigenvalue weighted by Gasteiger charge is 2.29. The van der Waals surface area contributed by atoms with E-state index in [2.05, 4.69) is 114 Å². The molecular formula is C24H25BBr2. The van der Waals surface area contributed by atoms with Crippen LogP contribution in [0.5, 0.6) is 0 Å². The summed E-state index contributed by atoms with van der Waals surface area (Å²) in [5, 5.41) is 1.73. The minimum absolute atomic E-state index is 0.229. The second kappa shape index (κ2) is 8.79. The van der Waals surface area contributed by atoms with E-state index in [1.165, 1.54) is 49.8 Å². The molecule has 138 valence electrons. The molecule has 3 heteroatoms. The molecule has 0 aliphatic heterocycles. The van der Waals surface area contributed by atoms with Crippen molar-refractivity contribution in [2.45, 2.75) is 38.4 Å². The zero-order valence-electron chi connectivity index (χ0n) is 16.4. The highest BCUT2D eigenvalue weighted by molar-refractivity contribution is 9.08. The third-order valence-corrected chi connectivity index (χ3v) is 6.44. The fourth-order valence-corrected chi connectivity index (χ4v) is 5.23. The zero-order valence-corrected chi connectivity index (χ0v) is 19.6. The molecular weight excluding hydrogens is 459 g/mol. The predicted octanol–water partition coefficient (Wildman–Crippen LogP) is 5.23. The zero-order chi connectivity index (χ0) is 19.6. The lowest BCUT2D eigenvalue weighted by Gasteiger charge is -2.25. The van der Waals surface area contributed by atoms with Crippen LogP contribution in [-0.2, 0) is 10.7 Å². The van der Waals surface area contributed by atoms with Gasteiger partial charge in [-0.15, -0.1) is 0 Å². The maximum absolute atomic E-state index is 3.75. The molecule has 0 fully saturated rings. The van der Waals surface area contributed by atoms with Gasteiger partial charge in [0.05, 0.1) is 0 Å². The van der Waals surface area contributed by atoms with Gasteiger partial charge in [-0.2, -0.15) is 0 Å². The van der Waals surface area contributed by atoms with E-state index in [0.717, 1.165) is 10.7 Å². The van der Waals surface area contributed by atoms with Gasteiger partial charge in [0.25, 0.3) is 0 Å². The molecule has 0 amide bonds. The SMILES string of the molecule is Cc1cc(C)c(B(c2ccccc2)c2c(C)cc(C)cc2CBr)c(CBr)c1. The first kappa shape index (κ1) is 20.4. The van der Waals surface area contributed by atoms with E-state index < -0.39 is 0 Å². The van der Waals surface area contributed by atoms with Crippen LogP contribution >= 0.6 is 31.9 Å². The van der Waals surface area contributed by atoms with Gasteiger partial charge in [0.2, 0.25) is 6.71 Å². The van der Waals surface area contributed by atoms with E-state index >= 15 is 0 Å². The summed E-state index contributed by atoms with van der Waals surface area (Å²) in [5.41, 5.74) is 12.3. The number of hydrogen-bond donors (Lipinski definition) is 0. The topological polar surface area (TPSA) is 0 Å². The minimum Gasteiger partial charge on any atom is -0.0876 e. The normalized spacial score (nSPS) is 10.9. The second-order valence-corrected chi connectivity index (χ2v) is 8.54. The predicted molar refractivity (Wildman–Crippen MR) is 128 cm³/mol. The van der Waals surface area contributed by atoms with Gasteiger partial charge < -0.3 is 0 Å². The van der Waals surface area contributed by atoms with E-state index in [1.54, 1.807) is 0 Å². The monoisotopic (exact) mass is 482 g/mol. The smallest absolute Gasteiger partial charge is 0.0876 e. The summed E-state index contributed by atoms with van der Waals surface area (Å²) in [6, 6.07) is 20.2. The maximum Gasteiger partial charge on any atom is 0.242 e. The first-order valence-corrected chi connectivity index (χ1v) is 11.6. The molecule has 0 aliphatic carbocycles. The van der Waals surface area contributed by atoms with Crippen LogP contribution in [0.25, 0.3) is 0 Å². The van der Waals surface area contributed by atoms with Crippen molar-refractivity contribution in [1.82, 2.24) is 0 Å². The molecule has 0 spiro atoms.